The molecule has 7 N–H and O–H groups in total. The maximum atomic E-state index is 14.5. The summed E-state index contributed by atoms with van der Waals surface area (Å²) < 4.78 is 0. The average molecular weight is 601 g/mol. The van der Waals surface area contributed by atoms with Gasteiger partial charge in [-0.15, -0.1) is 0 Å². The summed E-state index contributed by atoms with van der Waals surface area (Å²) in [5, 5.41) is 13.0. The molecule has 6 atom stereocenters. The molecule has 1 saturated heterocycles. The first-order valence-electron chi connectivity index (χ1n) is 14.0. The minimum absolute atomic E-state index is 0.0614. The van der Waals surface area contributed by atoms with Crippen LogP contribution in [-0.4, -0.2) is 84.8 Å². The largest absolute Gasteiger partial charge is 0.479 e. The molecule has 1 aliphatic heterocycles. The van der Waals surface area contributed by atoms with E-state index >= 15 is 0 Å². The molecule has 1 aromatic carbocycles. The topological polar surface area (TPSA) is 202 Å². The number of rotatable bonds is 14. The van der Waals surface area contributed by atoms with E-state index in [0.29, 0.717) is 29.1 Å². The Balaban J connectivity index is 2.28. The van der Waals surface area contributed by atoms with Crippen LogP contribution in [0.15, 0.2) is 42.9 Å². The molecule has 2 heterocycles. The Kier molecular flexibility index (Phi) is 11.2. The van der Waals surface area contributed by atoms with Gasteiger partial charge in [0.15, 0.2) is 11.6 Å². The van der Waals surface area contributed by atoms with Crippen LogP contribution < -0.4 is 16.8 Å². The van der Waals surface area contributed by atoms with Gasteiger partial charge in [-0.05, 0) is 44.2 Å². The van der Waals surface area contributed by atoms with Gasteiger partial charge in [-0.25, -0.2) is 9.78 Å². The molecule has 0 bridgehead atoms. The van der Waals surface area contributed by atoms with Gasteiger partial charge in [0.25, 0.3) is 0 Å². The molecule has 42 heavy (non-hydrogen) atoms. The van der Waals surface area contributed by atoms with E-state index in [1.807, 2.05) is 0 Å². The van der Waals surface area contributed by atoms with E-state index in [1.54, 1.807) is 44.2 Å². The number of benzene rings is 1. The van der Waals surface area contributed by atoms with E-state index in [0.717, 1.165) is 0 Å². The number of Topliss-reactive ketones (excluding diaryl/α,β-unsaturated/α-hetero) is 2. The van der Waals surface area contributed by atoms with Crippen LogP contribution in [0.4, 0.5) is 0 Å². The van der Waals surface area contributed by atoms with Gasteiger partial charge in [0.1, 0.15) is 0 Å². The molecule has 228 valence electrons. The molecule has 0 saturated carbocycles. The summed E-state index contributed by atoms with van der Waals surface area (Å²) in [6, 6.07) is 4.79. The summed E-state index contributed by atoms with van der Waals surface area (Å²) >= 11 is 4.27. The van der Waals surface area contributed by atoms with E-state index in [2.05, 4.69) is 27.9 Å². The van der Waals surface area contributed by atoms with Crippen LogP contribution in [0.2, 0.25) is 0 Å². The van der Waals surface area contributed by atoms with Crippen molar-refractivity contribution < 1.29 is 29.1 Å². The Morgan fingerprint density at radius 2 is 1.69 bits per heavy atom. The lowest BCUT2D eigenvalue weighted by Crippen LogP contribution is -2.75. The zero-order valence-corrected chi connectivity index (χ0v) is 24.9. The van der Waals surface area contributed by atoms with Gasteiger partial charge in [-0.2, -0.15) is 12.6 Å². The average Bonchev–Trinajstić information content (AvgIpc) is 3.66. The van der Waals surface area contributed by atoms with Crippen molar-refractivity contribution in [3.8, 4) is 0 Å². The standard InChI is InChI=1S/C29H40N6O6S/c1-16(2)23(24(36)17(3)42)29(28(40)41,25(37)22-10-7-11-33-22)35(27(39)21(31)13-19-14-32-15-34-19)26(38)20(30)12-18-8-5-4-6-9-18/h4-6,8-9,14-17,20-23,33,42H,7,10-13,30-31H2,1-3H3,(H,32,34)(H,40,41). The number of carbonyl (C=O) groups excluding carboxylic acids is 4. The lowest BCUT2D eigenvalue weighted by molar-refractivity contribution is -0.179. The summed E-state index contributed by atoms with van der Waals surface area (Å²) in [5.41, 5.74) is 10.8. The van der Waals surface area contributed by atoms with Crippen molar-refractivity contribution in [1.29, 1.82) is 0 Å². The van der Waals surface area contributed by atoms with Crippen LogP contribution in [0.5, 0.6) is 0 Å². The number of hydrogen-bond donors (Lipinski definition) is 6. The third kappa shape index (κ3) is 6.80. The van der Waals surface area contributed by atoms with Crippen molar-refractivity contribution in [2.75, 3.05) is 6.54 Å². The first-order chi connectivity index (χ1) is 19.8. The summed E-state index contributed by atoms with van der Waals surface area (Å²) in [4.78, 5) is 77.6. The van der Waals surface area contributed by atoms with Crippen LogP contribution in [0.3, 0.4) is 0 Å². The Morgan fingerprint density at radius 3 is 2.17 bits per heavy atom. The van der Waals surface area contributed by atoms with Crippen LogP contribution in [0.25, 0.3) is 0 Å². The highest BCUT2D eigenvalue weighted by Crippen LogP contribution is 2.38. The normalized spacial score (nSPS) is 19.4. The molecule has 3 rings (SSSR count). The number of imidazole rings is 1. The molecular formula is C29H40N6O6S. The second-order valence-corrected chi connectivity index (χ2v) is 11.9. The molecule has 2 aromatic rings. The molecule has 13 heteroatoms. The van der Waals surface area contributed by atoms with E-state index < -0.39 is 70.1 Å². The number of carboxylic acid groups (broad SMARTS) is 1. The number of H-pyrrole nitrogens is 1. The minimum atomic E-state index is -2.95. The van der Waals surface area contributed by atoms with E-state index in [1.165, 1.54) is 19.4 Å². The minimum Gasteiger partial charge on any atom is -0.479 e. The van der Waals surface area contributed by atoms with Crippen LogP contribution in [-0.2, 0) is 36.8 Å². The zero-order valence-electron chi connectivity index (χ0n) is 24.0. The number of carbonyl (C=O) groups is 5. The van der Waals surface area contributed by atoms with Crippen molar-refractivity contribution in [3.63, 3.8) is 0 Å². The number of aromatic amines is 1. The lowest BCUT2D eigenvalue weighted by atomic mass is 9.67. The molecule has 0 radical (unpaired) electrons. The predicted octanol–water partition coefficient (Wildman–Crippen LogP) is 0.509. The second-order valence-electron chi connectivity index (χ2n) is 11.1. The molecule has 1 aromatic heterocycles. The van der Waals surface area contributed by atoms with Crippen molar-refractivity contribution >= 4 is 42.0 Å². The fraction of sp³-hybridized carbons (Fsp3) is 0.517. The second kappa shape index (κ2) is 14.2. The highest BCUT2D eigenvalue weighted by atomic mass is 32.1. The number of nitrogens with zero attached hydrogens (tertiary/aromatic N) is 2. The van der Waals surface area contributed by atoms with E-state index in [-0.39, 0.29) is 19.3 Å². The van der Waals surface area contributed by atoms with E-state index in [4.69, 9.17) is 11.5 Å². The van der Waals surface area contributed by atoms with Gasteiger partial charge in [-0.1, -0.05) is 44.2 Å². The Morgan fingerprint density at radius 1 is 1.07 bits per heavy atom. The highest BCUT2D eigenvalue weighted by molar-refractivity contribution is 7.81. The van der Waals surface area contributed by atoms with Gasteiger partial charge >= 0.3 is 5.97 Å². The molecule has 12 nitrogen and oxygen atoms in total. The smallest absolute Gasteiger partial charge is 0.338 e. The fourth-order valence-corrected chi connectivity index (χ4v) is 5.81. The predicted molar refractivity (Wildman–Crippen MR) is 158 cm³/mol. The molecular weight excluding hydrogens is 560 g/mol. The number of carboxylic acids is 1. The SMILES string of the molecule is CC(S)C(=O)C(C(C)C)C(C(=O)O)(C(=O)C1CCCN1)N(C(=O)C(N)Cc1ccccc1)C(=O)C(N)Cc1cnc[nH]1. The van der Waals surface area contributed by atoms with Gasteiger partial charge in [-0.3, -0.25) is 24.1 Å². The van der Waals surface area contributed by atoms with Crippen molar-refractivity contribution in [3.05, 3.63) is 54.1 Å². The molecule has 6 unspecified atom stereocenters. The number of amides is 2. The zero-order chi connectivity index (χ0) is 31.2. The number of aromatic nitrogens is 2. The molecule has 1 fully saturated rings. The van der Waals surface area contributed by atoms with Crippen molar-refractivity contribution in [2.24, 2.45) is 23.3 Å². The molecule has 1 aliphatic rings. The number of hydrogen-bond acceptors (Lipinski definition) is 10. The monoisotopic (exact) mass is 600 g/mol. The van der Waals surface area contributed by atoms with Gasteiger partial charge in [0.2, 0.25) is 17.4 Å². The number of aliphatic carboxylic acids is 1. The maximum Gasteiger partial charge on any atom is 0.338 e. The third-order valence-corrected chi connectivity index (χ3v) is 7.89. The van der Waals surface area contributed by atoms with Crippen molar-refractivity contribution in [2.45, 2.75) is 75.4 Å². The number of nitrogens with two attached hydrogens (primary N) is 2. The number of nitrogens with one attached hydrogen (secondary N) is 2. The maximum absolute atomic E-state index is 14.5. The lowest BCUT2D eigenvalue weighted by Gasteiger charge is -2.46. The number of ketones is 2. The summed E-state index contributed by atoms with van der Waals surface area (Å²) in [6.07, 6.45) is 3.42. The molecule has 2 amide bonds. The Hall–Kier alpha value is -3.39. The third-order valence-electron chi connectivity index (χ3n) is 7.63. The quantitative estimate of drug-likeness (QED) is 0.131. The number of thiol groups is 1. The van der Waals surface area contributed by atoms with Gasteiger partial charge < -0.3 is 26.9 Å². The van der Waals surface area contributed by atoms with Crippen LogP contribution in [0.1, 0.15) is 44.9 Å². The van der Waals surface area contributed by atoms with E-state index in [9.17, 15) is 29.1 Å². The first-order valence-corrected chi connectivity index (χ1v) is 14.5. The first kappa shape index (κ1) is 33.1. The molecule has 0 spiro atoms. The fourth-order valence-electron chi connectivity index (χ4n) is 5.65. The van der Waals surface area contributed by atoms with Crippen LogP contribution in [0, 0.1) is 11.8 Å². The number of imide groups is 1. The summed E-state index contributed by atoms with van der Waals surface area (Å²) in [7, 11) is 0. The van der Waals surface area contributed by atoms with Gasteiger partial charge in [0.05, 0.1) is 35.6 Å². The Bertz CT molecular complexity index is 1260. The van der Waals surface area contributed by atoms with Gasteiger partial charge in [0, 0.05) is 18.3 Å². The summed E-state index contributed by atoms with van der Waals surface area (Å²) in [5.74, 6) is -8.20. The summed E-state index contributed by atoms with van der Waals surface area (Å²) in [6.45, 7) is 5.00. The van der Waals surface area contributed by atoms with Crippen LogP contribution >= 0.6 is 12.6 Å². The Labute approximate surface area is 250 Å². The molecule has 0 aliphatic carbocycles. The highest BCUT2D eigenvalue weighted by Gasteiger charge is 2.65. The van der Waals surface area contributed by atoms with Crippen molar-refractivity contribution in [1.82, 2.24) is 20.2 Å².